The van der Waals surface area contributed by atoms with Crippen LogP contribution in [0.2, 0.25) is 0 Å². The van der Waals surface area contributed by atoms with Crippen LogP contribution in [0.4, 0.5) is 0 Å². The van der Waals surface area contributed by atoms with Crippen molar-refractivity contribution in [3.8, 4) is 28.5 Å². The Balaban J connectivity index is 1.44. The van der Waals surface area contributed by atoms with Crippen LogP contribution in [0, 0.1) is 6.92 Å². The van der Waals surface area contributed by atoms with Gasteiger partial charge in [0.15, 0.2) is 5.82 Å². The van der Waals surface area contributed by atoms with Crippen molar-refractivity contribution in [2.45, 2.75) is 17.8 Å². The van der Waals surface area contributed by atoms with Crippen LogP contribution in [-0.2, 0) is 5.75 Å². The molecule has 0 spiro atoms. The van der Waals surface area contributed by atoms with Crippen LogP contribution < -0.4 is 4.74 Å². The number of aromatic amines is 1. The lowest BCUT2D eigenvalue weighted by molar-refractivity contribution is 0.390. The third-order valence-electron chi connectivity index (χ3n) is 3.93. The lowest BCUT2D eigenvalue weighted by Crippen LogP contribution is -1.89. The first kappa shape index (κ1) is 17.3. The number of ether oxygens (including phenoxy) is 1. The van der Waals surface area contributed by atoms with Crippen LogP contribution in [0.25, 0.3) is 22.8 Å². The summed E-state index contributed by atoms with van der Waals surface area (Å²) < 4.78 is 10.7. The largest absolute Gasteiger partial charge is 0.496 e. The molecular weight excluding hydrogens is 362 g/mol. The molecule has 2 heterocycles. The number of methoxy groups -OCH3 is 1. The zero-order valence-electron chi connectivity index (χ0n) is 14.8. The van der Waals surface area contributed by atoms with E-state index in [1.54, 1.807) is 7.11 Å². The van der Waals surface area contributed by atoms with Crippen molar-refractivity contribution < 1.29 is 9.26 Å². The molecule has 0 aliphatic heterocycles. The van der Waals surface area contributed by atoms with E-state index in [1.807, 2.05) is 48.5 Å². The van der Waals surface area contributed by atoms with E-state index in [0.717, 1.165) is 17.0 Å². The summed E-state index contributed by atoms with van der Waals surface area (Å²) in [6.45, 7) is 2.05. The van der Waals surface area contributed by atoms with Crippen molar-refractivity contribution in [2.75, 3.05) is 7.11 Å². The molecular formula is C19H17N5O2S. The summed E-state index contributed by atoms with van der Waals surface area (Å²) in [6, 6.07) is 15.7. The van der Waals surface area contributed by atoms with E-state index in [1.165, 1.54) is 17.3 Å². The Hall–Kier alpha value is -3.13. The van der Waals surface area contributed by atoms with Gasteiger partial charge in [0.25, 0.3) is 0 Å². The van der Waals surface area contributed by atoms with E-state index in [9.17, 15) is 0 Å². The minimum absolute atomic E-state index is 0.480. The van der Waals surface area contributed by atoms with Crippen LogP contribution in [0.3, 0.4) is 0 Å². The first-order valence-electron chi connectivity index (χ1n) is 8.31. The van der Waals surface area contributed by atoms with E-state index in [4.69, 9.17) is 9.26 Å². The van der Waals surface area contributed by atoms with Gasteiger partial charge in [0.1, 0.15) is 5.75 Å². The fourth-order valence-electron chi connectivity index (χ4n) is 2.53. The number of nitrogens with zero attached hydrogens (tertiary/aromatic N) is 4. The first-order chi connectivity index (χ1) is 13.2. The van der Waals surface area contributed by atoms with Crippen LogP contribution in [0.15, 0.2) is 58.2 Å². The predicted molar refractivity (Wildman–Crippen MR) is 102 cm³/mol. The van der Waals surface area contributed by atoms with Crippen LogP contribution >= 0.6 is 11.8 Å². The molecule has 7 nitrogen and oxygen atoms in total. The van der Waals surface area contributed by atoms with Crippen LogP contribution in [0.1, 0.15) is 11.5 Å². The molecule has 8 heteroatoms. The zero-order chi connectivity index (χ0) is 18.6. The summed E-state index contributed by atoms with van der Waals surface area (Å²) in [5, 5.41) is 11.9. The quantitative estimate of drug-likeness (QED) is 0.504. The zero-order valence-corrected chi connectivity index (χ0v) is 15.7. The predicted octanol–water partition coefficient (Wildman–Crippen LogP) is 4.13. The Morgan fingerprint density at radius 1 is 1.07 bits per heavy atom. The molecule has 0 saturated carbocycles. The van der Waals surface area contributed by atoms with Gasteiger partial charge in [-0.1, -0.05) is 58.9 Å². The molecule has 0 aliphatic rings. The Morgan fingerprint density at radius 3 is 2.70 bits per heavy atom. The summed E-state index contributed by atoms with van der Waals surface area (Å²) >= 11 is 1.43. The lowest BCUT2D eigenvalue weighted by Gasteiger charge is -2.02. The van der Waals surface area contributed by atoms with E-state index in [0.29, 0.717) is 28.4 Å². The summed E-state index contributed by atoms with van der Waals surface area (Å²) in [7, 11) is 1.62. The smallest absolute Gasteiger partial charge is 0.237 e. The van der Waals surface area contributed by atoms with E-state index in [2.05, 4.69) is 32.2 Å². The van der Waals surface area contributed by atoms with Crippen molar-refractivity contribution in [3.05, 3.63) is 60.0 Å². The second-order valence-corrected chi connectivity index (χ2v) is 6.78. The number of para-hydroxylation sites is 1. The maximum absolute atomic E-state index is 5.34. The Bertz CT molecular complexity index is 1040. The molecule has 136 valence electrons. The van der Waals surface area contributed by atoms with Crippen molar-refractivity contribution in [2.24, 2.45) is 0 Å². The molecule has 0 fully saturated rings. The van der Waals surface area contributed by atoms with Gasteiger partial charge in [-0.15, -0.1) is 5.10 Å². The van der Waals surface area contributed by atoms with Gasteiger partial charge in [0.2, 0.25) is 16.9 Å². The molecule has 4 aromatic rings. The molecule has 0 atom stereocenters. The molecule has 0 aliphatic carbocycles. The lowest BCUT2D eigenvalue weighted by atomic mass is 10.1. The van der Waals surface area contributed by atoms with Gasteiger partial charge in [-0.3, -0.25) is 5.10 Å². The van der Waals surface area contributed by atoms with Gasteiger partial charge in [-0.25, -0.2) is 4.98 Å². The van der Waals surface area contributed by atoms with Gasteiger partial charge in [0.05, 0.1) is 18.4 Å². The molecule has 2 aromatic heterocycles. The number of benzene rings is 2. The van der Waals surface area contributed by atoms with E-state index in [-0.39, 0.29) is 0 Å². The van der Waals surface area contributed by atoms with E-state index < -0.39 is 0 Å². The topological polar surface area (TPSA) is 89.7 Å². The normalized spacial score (nSPS) is 10.9. The first-order valence-corrected chi connectivity index (χ1v) is 9.29. The molecule has 0 amide bonds. The van der Waals surface area contributed by atoms with Gasteiger partial charge in [-0.05, 0) is 19.1 Å². The maximum atomic E-state index is 5.34. The molecule has 0 saturated heterocycles. The average Bonchev–Trinajstić information content (AvgIpc) is 3.36. The Morgan fingerprint density at radius 2 is 1.89 bits per heavy atom. The molecule has 4 rings (SSSR count). The fraction of sp³-hybridized carbons (Fsp3) is 0.158. The van der Waals surface area contributed by atoms with Crippen molar-refractivity contribution in [1.82, 2.24) is 25.3 Å². The highest BCUT2D eigenvalue weighted by Crippen LogP contribution is 2.28. The van der Waals surface area contributed by atoms with Gasteiger partial charge in [-0.2, -0.15) is 4.98 Å². The minimum atomic E-state index is 0.480. The molecule has 0 radical (unpaired) electrons. The Kier molecular flexibility index (Phi) is 4.88. The monoisotopic (exact) mass is 379 g/mol. The van der Waals surface area contributed by atoms with E-state index >= 15 is 0 Å². The third-order valence-corrected chi connectivity index (χ3v) is 4.76. The summed E-state index contributed by atoms with van der Waals surface area (Å²) in [4.78, 5) is 8.94. The Labute approximate surface area is 160 Å². The summed E-state index contributed by atoms with van der Waals surface area (Å²) in [5.41, 5.74) is 2.99. The number of aromatic nitrogens is 5. The summed E-state index contributed by atoms with van der Waals surface area (Å²) in [6.07, 6.45) is 0. The van der Waals surface area contributed by atoms with Gasteiger partial charge >= 0.3 is 0 Å². The minimum Gasteiger partial charge on any atom is -0.496 e. The SMILES string of the molecule is COc1ccccc1-c1noc(CSc2n[nH]c(-c3ccc(C)cc3)n2)n1. The number of rotatable bonds is 6. The van der Waals surface area contributed by atoms with Crippen LogP contribution in [-0.4, -0.2) is 32.4 Å². The second kappa shape index (κ2) is 7.63. The molecule has 0 unspecified atom stereocenters. The van der Waals surface area contributed by atoms with Crippen molar-refractivity contribution in [1.29, 1.82) is 0 Å². The fourth-order valence-corrected chi connectivity index (χ4v) is 3.17. The average molecular weight is 379 g/mol. The highest BCUT2D eigenvalue weighted by molar-refractivity contribution is 7.98. The highest BCUT2D eigenvalue weighted by atomic mass is 32.2. The summed E-state index contributed by atoms with van der Waals surface area (Å²) in [5.74, 6) is 2.92. The van der Waals surface area contributed by atoms with Gasteiger partial charge < -0.3 is 9.26 Å². The number of hydrogen-bond donors (Lipinski definition) is 1. The number of H-pyrrole nitrogens is 1. The highest BCUT2D eigenvalue weighted by Gasteiger charge is 2.14. The van der Waals surface area contributed by atoms with Crippen LogP contribution in [0.5, 0.6) is 5.75 Å². The number of nitrogens with one attached hydrogen (secondary N) is 1. The van der Waals surface area contributed by atoms with Crippen molar-refractivity contribution >= 4 is 11.8 Å². The molecule has 0 bridgehead atoms. The third kappa shape index (κ3) is 3.85. The number of hydrogen-bond acceptors (Lipinski definition) is 7. The molecule has 27 heavy (non-hydrogen) atoms. The number of aryl methyl sites for hydroxylation is 1. The van der Waals surface area contributed by atoms with Gasteiger partial charge in [0, 0.05) is 5.56 Å². The molecule has 1 N–H and O–H groups in total. The second-order valence-electron chi connectivity index (χ2n) is 5.83. The number of thioether (sulfide) groups is 1. The maximum Gasteiger partial charge on any atom is 0.237 e. The standard InChI is InChI=1S/C19H17N5O2S/c1-12-7-9-13(10-8-12)17-21-19(23-22-17)27-11-16-20-18(24-26-16)14-5-3-4-6-15(14)25-2/h3-10H,11H2,1-2H3,(H,21,22,23). The van der Waals surface area contributed by atoms with Crippen molar-refractivity contribution in [3.63, 3.8) is 0 Å². The molecule has 2 aromatic carbocycles.